The minimum absolute atomic E-state index is 0.0224. The second-order valence-corrected chi connectivity index (χ2v) is 2.60. The van der Waals surface area contributed by atoms with Crippen LogP contribution in [-0.2, 0) is 0 Å². The molecule has 0 aliphatic rings. The van der Waals surface area contributed by atoms with E-state index in [2.05, 4.69) is 15.5 Å². The topological polar surface area (TPSA) is 94.0 Å². The van der Waals surface area contributed by atoms with Gasteiger partial charge in [0, 0.05) is 6.54 Å². The fourth-order valence-electron chi connectivity index (χ4n) is 0.752. The Morgan fingerprint density at radius 1 is 1.77 bits per heavy atom. The third-order valence-electron chi connectivity index (χ3n) is 1.37. The summed E-state index contributed by atoms with van der Waals surface area (Å²) in [6.07, 6.45) is 0. The minimum atomic E-state index is -0.351. The molecule has 0 aliphatic carbocycles. The summed E-state index contributed by atoms with van der Waals surface area (Å²) in [5.41, 5.74) is 5.47. The molecule has 0 spiro atoms. The van der Waals surface area contributed by atoms with Gasteiger partial charge in [0.2, 0.25) is 5.89 Å². The lowest BCUT2D eigenvalue weighted by molar-refractivity contribution is 0.0942. The largest absolute Gasteiger partial charge is 0.349 e. The molecule has 1 amide bonds. The summed E-state index contributed by atoms with van der Waals surface area (Å²) >= 11 is 0. The molecule has 1 aromatic rings. The molecule has 0 bridgehead atoms. The smallest absolute Gasteiger partial charge is 0.292 e. The van der Waals surface area contributed by atoms with E-state index in [0.29, 0.717) is 6.54 Å². The van der Waals surface area contributed by atoms with Crippen molar-refractivity contribution in [1.82, 2.24) is 15.5 Å². The van der Waals surface area contributed by atoms with Crippen molar-refractivity contribution in [2.24, 2.45) is 5.73 Å². The summed E-state index contributed by atoms with van der Waals surface area (Å²) in [5.74, 6) is -0.0615. The Bertz CT molecular complexity index is 294. The number of carbonyl (C=O) groups excluding carboxylic acids is 1. The van der Waals surface area contributed by atoms with E-state index in [1.807, 2.05) is 6.92 Å². The van der Waals surface area contributed by atoms with Crippen molar-refractivity contribution in [3.63, 3.8) is 0 Å². The van der Waals surface area contributed by atoms with Crippen molar-refractivity contribution in [1.29, 1.82) is 0 Å². The number of nitrogens with zero attached hydrogens (tertiary/aromatic N) is 2. The first-order valence-electron chi connectivity index (χ1n) is 4.02. The van der Waals surface area contributed by atoms with E-state index in [0.717, 1.165) is 0 Å². The first-order valence-corrected chi connectivity index (χ1v) is 4.02. The zero-order valence-electron chi connectivity index (χ0n) is 7.57. The van der Waals surface area contributed by atoms with Gasteiger partial charge in [0.1, 0.15) is 0 Å². The highest BCUT2D eigenvalue weighted by molar-refractivity contribution is 5.90. The molecule has 72 valence electrons. The maximum atomic E-state index is 11.1. The van der Waals surface area contributed by atoms with Crippen LogP contribution < -0.4 is 11.1 Å². The van der Waals surface area contributed by atoms with Crippen LogP contribution in [0.15, 0.2) is 4.52 Å². The Hall–Kier alpha value is -1.43. The fourth-order valence-corrected chi connectivity index (χ4v) is 0.752. The van der Waals surface area contributed by atoms with Crippen LogP contribution in [-0.4, -0.2) is 22.6 Å². The number of carbonyl (C=O) groups is 1. The van der Waals surface area contributed by atoms with Gasteiger partial charge in [0.15, 0.2) is 0 Å². The number of hydrogen-bond donors (Lipinski definition) is 2. The van der Waals surface area contributed by atoms with Gasteiger partial charge in [-0.05, 0) is 13.8 Å². The summed E-state index contributed by atoms with van der Waals surface area (Å²) in [4.78, 5) is 15.0. The first-order chi connectivity index (χ1) is 6.15. The Morgan fingerprint density at radius 3 is 2.92 bits per heavy atom. The van der Waals surface area contributed by atoms with E-state index in [-0.39, 0.29) is 23.7 Å². The van der Waals surface area contributed by atoms with Crippen LogP contribution in [0.1, 0.15) is 36.4 Å². The second kappa shape index (κ2) is 3.99. The lowest BCUT2D eigenvalue weighted by Crippen LogP contribution is -2.23. The molecule has 6 heteroatoms. The standard InChI is InChI=1S/C7H12N4O2/c1-3-9-6(12)5-10-7(4(2)8)13-11-5/h4H,3,8H2,1-2H3,(H,9,12)/t4-/m0/s1. The molecule has 0 aromatic carbocycles. The molecular formula is C7H12N4O2. The molecule has 1 rings (SSSR count). The van der Waals surface area contributed by atoms with Crippen molar-refractivity contribution < 1.29 is 9.32 Å². The Balaban J connectivity index is 2.73. The second-order valence-electron chi connectivity index (χ2n) is 2.60. The van der Waals surface area contributed by atoms with E-state index in [1.54, 1.807) is 6.92 Å². The predicted molar refractivity (Wildman–Crippen MR) is 44.9 cm³/mol. The molecule has 0 saturated heterocycles. The van der Waals surface area contributed by atoms with Crippen LogP contribution >= 0.6 is 0 Å². The SMILES string of the molecule is CCNC(=O)c1noc([C@H](C)N)n1. The van der Waals surface area contributed by atoms with Gasteiger partial charge in [-0.15, -0.1) is 0 Å². The van der Waals surface area contributed by atoms with Gasteiger partial charge < -0.3 is 15.6 Å². The van der Waals surface area contributed by atoms with Crippen molar-refractivity contribution in [2.45, 2.75) is 19.9 Å². The number of rotatable bonds is 3. The molecule has 0 aliphatic heterocycles. The number of nitrogens with one attached hydrogen (secondary N) is 1. The lowest BCUT2D eigenvalue weighted by atomic mass is 10.4. The van der Waals surface area contributed by atoms with Crippen molar-refractivity contribution in [3.8, 4) is 0 Å². The van der Waals surface area contributed by atoms with E-state index < -0.39 is 0 Å². The maximum absolute atomic E-state index is 11.1. The predicted octanol–water partition coefficient (Wildman–Crippen LogP) is -0.161. The summed E-state index contributed by atoms with van der Waals surface area (Å²) < 4.78 is 4.75. The molecule has 1 heterocycles. The van der Waals surface area contributed by atoms with Crippen LogP contribution in [0.25, 0.3) is 0 Å². The number of amides is 1. The minimum Gasteiger partial charge on any atom is -0.349 e. The normalized spacial score (nSPS) is 12.5. The van der Waals surface area contributed by atoms with Gasteiger partial charge in [0.05, 0.1) is 6.04 Å². The summed E-state index contributed by atoms with van der Waals surface area (Å²) in [5, 5.41) is 6.03. The van der Waals surface area contributed by atoms with Crippen LogP contribution in [0.4, 0.5) is 0 Å². The molecule has 0 radical (unpaired) electrons. The van der Waals surface area contributed by atoms with Gasteiger partial charge in [-0.2, -0.15) is 4.98 Å². The third-order valence-corrected chi connectivity index (χ3v) is 1.37. The molecule has 13 heavy (non-hydrogen) atoms. The zero-order valence-corrected chi connectivity index (χ0v) is 7.57. The van der Waals surface area contributed by atoms with Crippen molar-refractivity contribution in [3.05, 3.63) is 11.7 Å². The number of nitrogens with two attached hydrogens (primary N) is 1. The quantitative estimate of drug-likeness (QED) is 0.680. The first kappa shape index (κ1) is 9.66. The summed E-state index contributed by atoms with van der Waals surface area (Å²) in [6, 6.07) is -0.351. The molecule has 6 nitrogen and oxygen atoms in total. The fraction of sp³-hybridized carbons (Fsp3) is 0.571. The van der Waals surface area contributed by atoms with Gasteiger partial charge in [-0.3, -0.25) is 4.79 Å². The van der Waals surface area contributed by atoms with E-state index in [4.69, 9.17) is 10.3 Å². The lowest BCUT2D eigenvalue weighted by Gasteiger charge is -1.94. The maximum Gasteiger partial charge on any atom is 0.292 e. The van der Waals surface area contributed by atoms with E-state index >= 15 is 0 Å². The van der Waals surface area contributed by atoms with Crippen LogP contribution in [0, 0.1) is 0 Å². The highest BCUT2D eigenvalue weighted by Crippen LogP contribution is 2.05. The Labute approximate surface area is 75.5 Å². The average Bonchev–Trinajstić information content (AvgIpc) is 2.52. The summed E-state index contributed by atoms with van der Waals surface area (Å²) in [6.45, 7) is 4.04. The van der Waals surface area contributed by atoms with Gasteiger partial charge >= 0.3 is 0 Å². The van der Waals surface area contributed by atoms with Crippen LogP contribution in [0.2, 0.25) is 0 Å². The highest BCUT2D eigenvalue weighted by Gasteiger charge is 2.15. The van der Waals surface area contributed by atoms with Gasteiger partial charge in [-0.1, -0.05) is 5.16 Å². The molecule has 0 saturated carbocycles. The Kier molecular flexibility index (Phi) is 2.97. The van der Waals surface area contributed by atoms with Crippen LogP contribution in [0.3, 0.4) is 0 Å². The summed E-state index contributed by atoms with van der Waals surface area (Å²) in [7, 11) is 0. The molecule has 3 N–H and O–H groups in total. The molecule has 0 fully saturated rings. The average molecular weight is 184 g/mol. The van der Waals surface area contributed by atoms with E-state index in [9.17, 15) is 4.79 Å². The van der Waals surface area contributed by atoms with Gasteiger partial charge in [0.25, 0.3) is 11.7 Å². The van der Waals surface area contributed by atoms with Crippen molar-refractivity contribution in [2.75, 3.05) is 6.54 Å². The Morgan fingerprint density at radius 2 is 2.46 bits per heavy atom. The third kappa shape index (κ3) is 2.25. The molecule has 1 atom stereocenters. The monoisotopic (exact) mass is 184 g/mol. The zero-order chi connectivity index (χ0) is 9.84. The number of hydrogen-bond acceptors (Lipinski definition) is 5. The molecule has 0 unspecified atom stereocenters. The van der Waals surface area contributed by atoms with E-state index in [1.165, 1.54) is 0 Å². The van der Waals surface area contributed by atoms with Gasteiger partial charge in [-0.25, -0.2) is 0 Å². The van der Waals surface area contributed by atoms with Crippen molar-refractivity contribution >= 4 is 5.91 Å². The molecular weight excluding hydrogens is 172 g/mol. The molecule has 1 aromatic heterocycles. The number of aromatic nitrogens is 2. The van der Waals surface area contributed by atoms with Crippen LogP contribution in [0.5, 0.6) is 0 Å². The highest BCUT2D eigenvalue weighted by atomic mass is 16.5.